The number of hydrogen-bond donors (Lipinski definition) is 2. The minimum absolute atomic E-state index is 0.158. The zero-order valence-electron chi connectivity index (χ0n) is 10.7. The fourth-order valence-electron chi connectivity index (χ4n) is 1.63. The lowest BCUT2D eigenvalue weighted by atomic mass is 10.2. The van der Waals surface area contributed by atoms with Crippen LogP contribution in [-0.2, 0) is 10.0 Å². The molecule has 22 heavy (non-hydrogen) atoms. The lowest BCUT2D eigenvalue weighted by Crippen LogP contribution is -2.15. The van der Waals surface area contributed by atoms with Gasteiger partial charge in [0.15, 0.2) is 0 Å². The van der Waals surface area contributed by atoms with E-state index in [1.165, 1.54) is 6.07 Å². The van der Waals surface area contributed by atoms with Gasteiger partial charge in [0.1, 0.15) is 4.90 Å². The van der Waals surface area contributed by atoms with Crippen LogP contribution in [0.15, 0.2) is 45.8 Å². The van der Waals surface area contributed by atoms with Gasteiger partial charge in [0.2, 0.25) is 0 Å². The molecular formula is C13H8BrCl2NO4S. The Labute approximate surface area is 145 Å². The molecule has 0 unspecified atom stereocenters. The van der Waals surface area contributed by atoms with Gasteiger partial charge in [-0.1, -0.05) is 35.3 Å². The highest BCUT2D eigenvalue weighted by Crippen LogP contribution is 2.33. The molecule has 2 aromatic rings. The monoisotopic (exact) mass is 423 g/mol. The van der Waals surface area contributed by atoms with Gasteiger partial charge in [-0.05, 0) is 40.2 Å². The maximum Gasteiger partial charge on any atom is 0.335 e. The Morgan fingerprint density at radius 2 is 1.82 bits per heavy atom. The number of halogens is 3. The molecule has 0 aromatic heterocycles. The Bertz CT molecular complexity index is 855. The van der Waals surface area contributed by atoms with Gasteiger partial charge in [-0.2, -0.15) is 0 Å². The van der Waals surface area contributed by atoms with Crippen LogP contribution >= 0.6 is 39.1 Å². The van der Waals surface area contributed by atoms with Crippen molar-refractivity contribution in [3.8, 4) is 0 Å². The standard InChI is InChI=1S/C13H8BrCl2NO4S/c14-8-3-1-2-4-10(8)17-22(20,21)11-6-7(13(18)19)5-9(15)12(11)16/h1-6,17H,(H,18,19). The summed E-state index contributed by atoms with van der Waals surface area (Å²) >= 11 is 14.9. The number of carboxylic acids is 1. The van der Waals surface area contributed by atoms with E-state index in [0.717, 1.165) is 12.1 Å². The number of hydrogen-bond acceptors (Lipinski definition) is 3. The fourth-order valence-corrected chi connectivity index (χ4v) is 4.04. The number of rotatable bonds is 4. The zero-order chi connectivity index (χ0) is 16.5. The third-order valence-electron chi connectivity index (χ3n) is 2.65. The second kappa shape index (κ2) is 6.45. The van der Waals surface area contributed by atoms with Crippen LogP contribution in [0.4, 0.5) is 5.69 Å². The third-order valence-corrected chi connectivity index (χ3v) is 5.64. The molecule has 2 N–H and O–H groups in total. The highest BCUT2D eigenvalue weighted by Gasteiger charge is 2.23. The topological polar surface area (TPSA) is 83.5 Å². The van der Waals surface area contributed by atoms with Crippen LogP contribution in [0.5, 0.6) is 0 Å². The fraction of sp³-hybridized carbons (Fsp3) is 0. The molecule has 0 bridgehead atoms. The summed E-state index contributed by atoms with van der Waals surface area (Å²) in [5, 5.41) is 8.60. The van der Waals surface area contributed by atoms with Gasteiger partial charge in [-0.3, -0.25) is 4.72 Å². The van der Waals surface area contributed by atoms with Crippen molar-refractivity contribution < 1.29 is 18.3 Å². The lowest BCUT2D eigenvalue weighted by molar-refractivity contribution is 0.0696. The Morgan fingerprint density at radius 3 is 2.41 bits per heavy atom. The smallest absolute Gasteiger partial charge is 0.335 e. The lowest BCUT2D eigenvalue weighted by Gasteiger charge is -2.12. The van der Waals surface area contributed by atoms with Crippen molar-refractivity contribution in [2.45, 2.75) is 4.90 Å². The van der Waals surface area contributed by atoms with Crippen LogP contribution in [-0.4, -0.2) is 19.5 Å². The van der Waals surface area contributed by atoms with Gasteiger partial charge in [-0.25, -0.2) is 13.2 Å². The Balaban J connectivity index is 2.54. The quantitative estimate of drug-likeness (QED) is 0.768. The Kier molecular flexibility index (Phi) is 5.01. The minimum atomic E-state index is -4.10. The average Bonchev–Trinajstić information content (AvgIpc) is 2.43. The molecule has 0 radical (unpaired) electrons. The maximum absolute atomic E-state index is 12.4. The normalized spacial score (nSPS) is 11.2. The molecule has 0 heterocycles. The highest BCUT2D eigenvalue weighted by molar-refractivity contribution is 9.10. The van der Waals surface area contributed by atoms with E-state index >= 15 is 0 Å². The van der Waals surface area contributed by atoms with Gasteiger partial charge < -0.3 is 5.11 Å². The van der Waals surface area contributed by atoms with Gasteiger partial charge in [0, 0.05) is 4.47 Å². The van der Waals surface area contributed by atoms with Crippen molar-refractivity contribution in [3.05, 3.63) is 56.5 Å². The summed E-state index contributed by atoms with van der Waals surface area (Å²) in [5.41, 5.74) is 0.0114. The van der Waals surface area contributed by atoms with E-state index in [1.807, 2.05) is 0 Å². The van der Waals surface area contributed by atoms with Gasteiger partial charge in [0.25, 0.3) is 10.0 Å². The van der Waals surface area contributed by atoms with E-state index in [0.29, 0.717) is 4.47 Å². The summed E-state index contributed by atoms with van der Waals surface area (Å²) in [7, 11) is -4.10. The maximum atomic E-state index is 12.4. The molecule has 9 heteroatoms. The van der Waals surface area contributed by atoms with Crippen LogP contribution < -0.4 is 4.72 Å². The Hall–Kier alpha value is -1.28. The number of anilines is 1. The van der Waals surface area contributed by atoms with E-state index in [4.69, 9.17) is 28.3 Å². The van der Waals surface area contributed by atoms with Crippen molar-refractivity contribution >= 4 is 60.8 Å². The first-order chi connectivity index (χ1) is 10.2. The van der Waals surface area contributed by atoms with Gasteiger partial charge in [-0.15, -0.1) is 0 Å². The SMILES string of the molecule is O=C(O)c1cc(Cl)c(Cl)c(S(=O)(=O)Nc2ccccc2Br)c1. The number of benzene rings is 2. The van der Waals surface area contributed by atoms with E-state index in [1.54, 1.807) is 18.2 Å². The van der Waals surface area contributed by atoms with Crippen molar-refractivity contribution in [3.63, 3.8) is 0 Å². The van der Waals surface area contributed by atoms with Gasteiger partial charge in [0.05, 0.1) is 21.3 Å². The molecule has 0 fully saturated rings. The molecule has 5 nitrogen and oxygen atoms in total. The van der Waals surface area contributed by atoms with Crippen molar-refractivity contribution in [2.75, 3.05) is 4.72 Å². The summed E-state index contributed by atoms with van der Waals surface area (Å²) in [4.78, 5) is 10.6. The molecule has 0 saturated heterocycles. The summed E-state index contributed by atoms with van der Waals surface area (Å²) < 4.78 is 27.7. The molecule has 0 atom stereocenters. The first-order valence-corrected chi connectivity index (χ1v) is 8.75. The highest BCUT2D eigenvalue weighted by atomic mass is 79.9. The molecule has 0 aliphatic rings. The molecule has 0 aliphatic heterocycles. The number of aromatic carboxylic acids is 1. The van der Waals surface area contributed by atoms with Gasteiger partial charge >= 0.3 is 5.97 Å². The summed E-state index contributed by atoms with van der Waals surface area (Å²) in [6.45, 7) is 0. The predicted octanol–water partition coefficient (Wildman–Crippen LogP) is 4.25. The van der Waals surface area contributed by atoms with Crippen LogP contribution in [0.1, 0.15) is 10.4 Å². The molecule has 116 valence electrons. The van der Waals surface area contributed by atoms with Crippen molar-refractivity contribution in [1.82, 2.24) is 0 Å². The predicted molar refractivity (Wildman–Crippen MR) is 88.4 cm³/mol. The average molecular weight is 425 g/mol. The first-order valence-electron chi connectivity index (χ1n) is 5.72. The molecule has 2 aromatic carbocycles. The second-order valence-electron chi connectivity index (χ2n) is 4.16. The third kappa shape index (κ3) is 3.55. The number of para-hydroxylation sites is 1. The first kappa shape index (κ1) is 17.1. The summed E-state index contributed by atoms with van der Waals surface area (Å²) in [6.07, 6.45) is 0. The molecule has 0 spiro atoms. The molecular weight excluding hydrogens is 417 g/mol. The van der Waals surface area contributed by atoms with E-state index < -0.39 is 20.9 Å². The molecule has 2 rings (SSSR count). The van der Waals surface area contributed by atoms with Crippen LogP contribution in [0, 0.1) is 0 Å². The Morgan fingerprint density at radius 1 is 1.18 bits per heavy atom. The zero-order valence-corrected chi connectivity index (χ0v) is 14.6. The molecule has 0 amide bonds. The number of carboxylic acid groups (broad SMARTS) is 1. The number of sulfonamides is 1. The number of carbonyl (C=O) groups is 1. The van der Waals surface area contributed by atoms with E-state index in [2.05, 4.69) is 20.7 Å². The van der Waals surface area contributed by atoms with Crippen LogP contribution in [0.25, 0.3) is 0 Å². The van der Waals surface area contributed by atoms with E-state index in [9.17, 15) is 13.2 Å². The largest absolute Gasteiger partial charge is 0.478 e. The minimum Gasteiger partial charge on any atom is -0.478 e. The second-order valence-corrected chi connectivity index (χ2v) is 7.45. The van der Waals surface area contributed by atoms with Crippen LogP contribution in [0.2, 0.25) is 10.0 Å². The van der Waals surface area contributed by atoms with Crippen molar-refractivity contribution in [1.29, 1.82) is 0 Å². The summed E-state index contributed by atoms with van der Waals surface area (Å²) in [6, 6.07) is 8.60. The summed E-state index contributed by atoms with van der Waals surface area (Å²) in [5.74, 6) is -1.31. The van der Waals surface area contributed by atoms with Crippen LogP contribution in [0.3, 0.4) is 0 Å². The molecule has 0 saturated carbocycles. The van der Waals surface area contributed by atoms with E-state index in [-0.39, 0.29) is 21.3 Å². The number of nitrogens with one attached hydrogen (secondary N) is 1. The molecule has 0 aliphatic carbocycles. The van der Waals surface area contributed by atoms with Crippen molar-refractivity contribution in [2.24, 2.45) is 0 Å².